The molecule has 5 heteroatoms. The number of methoxy groups -OCH3 is 1. The first kappa shape index (κ1) is 14.0. The summed E-state index contributed by atoms with van der Waals surface area (Å²) in [4.78, 5) is 13.0. The number of carboxylic acid groups (broad SMARTS) is 1. The molecule has 1 aliphatic rings. The van der Waals surface area contributed by atoms with Gasteiger partial charge in [-0.1, -0.05) is 0 Å². The number of carboxylic acids is 1. The van der Waals surface area contributed by atoms with E-state index in [4.69, 9.17) is 9.84 Å². The molecule has 104 valence electrons. The van der Waals surface area contributed by atoms with Gasteiger partial charge in [-0.3, -0.25) is 4.90 Å². The molecule has 0 unspecified atom stereocenters. The summed E-state index contributed by atoms with van der Waals surface area (Å²) in [6, 6.07) is 3.93. The lowest BCUT2D eigenvalue weighted by Gasteiger charge is -2.31. The number of hydrogen-bond donors (Lipinski definition) is 1. The van der Waals surface area contributed by atoms with Crippen LogP contribution >= 0.6 is 0 Å². The Kier molecular flexibility index (Phi) is 4.50. The highest BCUT2D eigenvalue weighted by Crippen LogP contribution is 2.18. The molecule has 0 aromatic heterocycles. The molecule has 1 fully saturated rings. The fourth-order valence-corrected chi connectivity index (χ4v) is 2.37. The molecule has 0 amide bonds. The molecule has 0 atom stereocenters. The van der Waals surface area contributed by atoms with Crippen LogP contribution in [0.5, 0.6) is 0 Å². The standard InChI is InChI=1S/C14H18FNO3/c1-19-12-4-6-16(7-5-12)9-11-8-10(14(17)18)2-3-13(11)15/h2-3,8,12H,4-7,9H2,1H3,(H,17,18). The normalized spacial score (nSPS) is 17.6. The summed E-state index contributed by atoms with van der Waals surface area (Å²) in [5, 5.41) is 8.92. The highest BCUT2D eigenvalue weighted by atomic mass is 19.1. The summed E-state index contributed by atoms with van der Waals surface area (Å²) < 4.78 is 19.0. The number of carbonyl (C=O) groups is 1. The van der Waals surface area contributed by atoms with E-state index >= 15 is 0 Å². The van der Waals surface area contributed by atoms with E-state index in [0.29, 0.717) is 12.1 Å². The van der Waals surface area contributed by atoms with Crippen LogP contribution in [0.25, 0.3) is 0 Å². The lowest BCUT2D eigenvalue weighted by molar-refractivity contribution is 0.0386. The highest BCUT2D eigenvalue weighted by Gasteiger charge is 2.20. The number of rotatable bonds is 4. The molecule has 1 aliphatic heterocycles. The van der Waals surface area contributed by atoms with Gasteiger partial charge in [0.25, 0.3) is 0 Å². The molecule has 1 aromatic rings. The average molecular weight is 267 g/mol. The Morgan fingerprint density at radius 1 is 1.47 bits per heavy atom. The molecule has 1 aromatic carbocycles. The number of piperidine rings is 1. The Balaban J connectivity index is 2.03. The molecule has 0 saturated carbocycles. The second-order valence-corrected chi connectivity index (χ2v) is 4.82. The Labute approximate surface area is 111 Å². The Hall–Kier alpha value is -1.46. The van der Waals surface area contributed by atoms with Crippen molar-refractivity contribution >= 4 is 5.97 Å². The molecular weight excluding hydrogens is 249 g/mol. The first-order valence-corrected chi connectivity index (χ1v) is 6.37. The molecule has 1 N–H and O–H groups in total. The number of hydrogen-bond acceptors (Lipinski definition) is 3. The smallest absolute Gasteiger partial charge is 0.335 e. The zero-order valence-corrected chi connectivity index (χ0v) is 10.9. The number of halogens is 1. The minimum Gasteiger partial charge on any atom is -0.478 e. The van der Waals surface area contributed by atoms with Crippen molar-refractivity contribution in [2.75, 3.05) is 20.2 Å². The van der Waals surface area contributed by atoms with Crippen molar-refractivity contribution in [3.05, 3.63) is 35.1 Å². The number of benzene rings is 1. The van der Waals surface area contributed by atoms with Crippen LogP contribution in [0.2, 0.25) is 0 Å². The molecule has 0 spiro atoms. The quantitative estimate of drug-likeness (QED) is 0.908. The van der Waals surface area contributed by atoms with Gasteiger partial charge in [0.05, 0.1) is 11.7 Å². The van der Waals surface area contributed by atoms with Gasteiger partial charge >= 0.3 is 5.97 Å². The predicted molar refractivity (Wildman–Crippen MR) is 68.7 cm³/mol. The first-order valence-electron chi connectivity index (χ1n) is 6.37. The first-order chi connectivity index (χ1) is 9.10. The van der Waals surface area contributed by atoms with Crippen LogP contribution in [-0.2, 0) is 11.3 Å². The molecule has 0 radical (unpaired) electrons. The summed E-state index contributed by atoms with van der Waals surface area (Å²) in [7, 11) is 1.70. The third-order valence-corrected chi connectivity index (χ3v) is 3.55. The van der Waals surface area contributed by atoms with E-state index in [2.05, 4.69) is 4.90 Å². The maximum Gasteiger partial charge on any atom is 0.335 e. The molecule has 1 saturated heterocycles. The molecular formula is C14H18FNO3. The zero-order chi connectivity index (χ0) is 13.8. The maximum absolute atomic E-state index is 13.7. The van der Waals surface area contributed by atoms with Gasteiger partial charge in [0.2, 0.25) is 0 Å². The second kappa shape index (κ2) is 6.12. The van der Waals surface area contributed by atoms with Crippen molar-refractivity contribution in [3.8, 4) is 0 Å². The summed E-state index contributed by atoms with van der Waals surface area (Å²) in [5.41, 5.74) is 0.568. The van der Waals surface area contributed by atoms with E-state index in [0.717, 1.165) is 25.9 Å². The minimum atomic E-state index is -1.03. The van der Waals surface area contributed by atoms with E-state index in [1.165, 1.54) is 18.2 Å². The van der Waals surface area contributed by atoms with Crippen LogP contribution in [0.4, 0.5) is 4.39 Å². The van der Waals surface area contributed by atoms with E-state index < -0.39 is 5.97 Å². The van der Waals surface area contributed by atoms with Crippen molar-refractivity contribution in [1.29, 1.82) is 0 Å². The maximum atomic E-state index is 13.7. The molecule has 19 heavy (non-hydrogen) atoms. The van der Waals surface area contributed by atoms with E-state index in [1.807, 2.05) is 0 Å². The van der Waals surface area contributed by atoms with Gasteiger partial charge in [0, 0.05) is 32.3 Å². The van der Waals surface area contributed by atoms with E-state index in [1.54, 1.807) is 7.11 Å². The number of likely N-dealkylation sites (tertiary alicyclic amines) is 1. The average Bonchev–Trinajstić information content (AvgIpc) is 2.42. The van der Waals surface area contributed by atoms with Crippen molar-refractivity contribution in [1.82, 2.24) is 4.90 Å². The number of aromatic carboxylic acids is 1. The van der Waals surface area contributed by atoms with Gasteiger partial charge in [-0.25, -0.2) is 9.18 Å². The van der Waals surface area contributed by atoms with Crippen LogP contribution in [-0.4, -0.2) is 42.3 Å². The van der Waals surface area contributed by atoms with E-state index in [9.17, 15) is 9.18 Å². The number of nitrogens with zero attached hydrogens (tertiary/aromatic N) is 1. The number of ether oxygens (including phenoxy) is 1. The van der Waals surface area contributed by atoms with Gasteiger partial charge in [0.1, 0.15) is 5.82 Å². The molecule has 4 nitrogen and oxygen atoms in total. The van der Waals surface area contributed by atoms with Gasteiger partial charge in [0.15, 0.2) is 0 Å². The molecule has 1 heterocycles. The van der Waals surface area contributed by atoms with Gasteiger partial charge in [-0.15, -0.1) is 0 Å². The van der Waals surface area contributed by atoms with Crippen LogP contribution in [0, 0.1) is 5.82 Å². The lowest BCUT2D eigenvalue weighted by Crippen LogP contribution is -2.36. The third-order valence-electron chi connectivity index (χ3n) is 3.55. The van der Waals surface area contributed by atoms with Crippen LogP contribution in [0.15, 0.2) is 18.2 Å². The summed E-state index contributed by atoms with van der Waals surface area (Å²) in [6.45, 7) is 2.13. The van der Waals surface area contributed by atoms with Crippen molar-refractivity contribution in [2.24, 2.45) is 0 Å². The summed E-state index contributed by atoms with van der Waals surface area (Å²) >= 11 is 0. The minimum absolute atomic E-state index is 0.128. The lowest BCUT2D eigenvalue weighted by atomic mass is 10.1. The Morgan fingerprint density at radius 2 is 2.16 bits per heavy atom. The Bertz CT molecular complexity index is 456. The highest BCUT2D eigenvalue weighted by molar-refractivity contribution is 5.87. The zero-order valence-electron chi connectivity index (χ0n) is 10.9. The summed E-state index contributed by atoms with van der Waals surface area (Å²) in [5.74, 6) is -1.38. The second-order valence-electron chi connectivity index (χ2n) is 4.82. The third kappa shape index (κ3) is 3.52. The SMILES string of the molecule is COC1CCN(Cc2cc(C(=O)O)ccc2F)CC1. The monoisotopic (exact) mass is 267 g/mol. The van der Waals surface area contributed by atoms with Crippen molar-refractivity contribution in [3.63, 3.8) is 0 Å². The topological polar surface area (TPSA) is 49.8 Å². The van der Waals surface area contributed by atoms with Gasteiger partial charge in [-0.05, 0) is 31.0 Å². The van der Waals surface area contributed by atoms with Crippen molar-refractivity contribution in [2.45, 2.75) is 25.5 Å². The van der Waals surface area contributed by atoms with Crippen LogP contribution in [0.1, 0.15) is 28.8 Å². The molecule has 0 bridgehead atoms. The molecule has 0 aliphatic carbocycles. The van der Waals surface area contributed by atoms with Crippen molar-refractivity contribution < 1.29 is 19.0 Å². The fraction of sp³-hybridized carbons (Fsp3) is 0.500. The predicted octanol–water partition coefficient (Wildman–Crippen LogP) is 2.13. The van der Waals surface area contributed by atoms with Gasteiger partial charge in [-0.2, -0.15) is 0 Å². The fourth-order valence-electron chi connectivity index (χ4n) is 2.37. The summed E-state index contributed by atoms with van der Waals surface area (Å²) in [6.07, 6.45) is 2.14. The van der Waals surface area contributed by atoms with E-state index in [-0.39, 0.29) is 17.5 Å². The Morgan fingerprint density at radius 3 is 2.74 bits per heavy atom. The van der Waals surface area contributed by atoms with Crippen LogP contribution in [0.3, 0.4) is 0 Å². The largest absolute Gasteiger partial charge is 0.478 e. The molecule has 2 rings (SSSR count). The van der Waals surface area contributed by atoms with Gasteiger partial charge < -0.3 is 9.84 Å². The van der Waals surface area contributed by atoms with Crippen LogP contribution < -0.4 is 0 Å².